The zero-order valence-corrected chi connectivity index (χ0v) is 7.98. The van der Waals surface area contributed by atoms with Crippen LogP contribution in [-0.4, -0.2) is 0 Å². The van der Waals surface area contributed by atoms with E-state index in [1.807, 2.05) is 6.08 Å². The molecule has 0 bridgehead atoms. The van der Waals surface area contributed by atoms with E-state index in [4.69, 9.17) is 0 Å². The molecule has 0 radical (unpaired) electrons. The van der Waals surface area contributed by atoms with Gasteiger partial charge in [0, 0.05) is 0 Å². The van der Waals surface area contributed by atoms with E-state index in [0.29, 0.717) is 0 Å². The zero-order valence-electron chi connectivity index (χ0n) is 5.98. The average molecular weight is 120 g/mol. The van der Waals surface area contributed by atoms with E-state index in [2.05, 4.69) is 19.9 Å². The van der Waals surface area contributed by atoms with Gasteiger partial charge in [-0.25, -0.2) is 19.1 Å². The summed E-state index contributed by atoms with van der Waals surface area (Å²) in [5.74, 6) is 0. The Kier molecular flexibility index (Phi) is 15.1. The maximum absolute atomic E-state index is 3.58. The Bertz CT molecular complexity index is 41.7. The van der Waals surface area contributed by atoms with Gasteiger partial charge in [-0.1, -0.05) is 19.8 Å². The van der Waals surface area contributed by atoms with E-state index in [-0.39, 0.29) is 29.6 Å². The smallest absolute Gasteiger partial charge is 0.245 e. The maximum Gasteiger partial charge on any atom is 1.00 e. The van der Waals surface area contributed by atoms with E-state index < -0.39 is 0 Å². The Balaban J connectivity index is 0. The SMILES string of the molecule is C=C[CH-]CCCC.[Na+]. The second-order valence-electron chi connectivity index (χ2n) is 1.61. The Morgan fingerprint density at radius 2 is 2.25 bits per heavy atom. The van der Waals surface area contributed by atoms with Crippen molar-refractivity contribution in [3.05, 3.63) is 19.1 Å². The predicted octanol–water partition coefficient (Wildman–Crippen LogP) is -0.429. The number of allylic oxidation sites excluding steroid dienone is 1. The van der Waals surface area contributed by atoms with Crippen LogP contribution in [0.3, 0.4) is 0 Å². The van der Waals surface area contributed by atoms with E-state index in [0.717, 1.165) is 0 Å². The molecule has 0 aromatic carbocycles. The minimum Gasteiger partial charge on any atom is -0.245 e. The molecular formula is C7H13Na. The number of hydrogen-bond acceptors (Lipinski definition) is 0. The second kappa shape index (κ2) is 10.6. The maximum atomic E-state index is 3.58. The van der Waals surface area contributed by atoms with Crippen LogP contribution >= 0.6 is 0 Å². The van der Waals surface area contributed by atoms with Gasteiger partial charge in [-0.2, -0.15) is 0 Å². The summed E-state index contributed by atoms with van der Waals surface area (Å²) < 4.78 is 0. The van der Waals surface area contributed by atoms with Crippen LogP contribution in [0.4, 0.5) is 0 Å². The third-order valence-electron chi connectivity index (χ3n) is 0.891. The Hall–Kier alpha value is 0.610. The van der Waals surface area contributed by atoms with Crippen molar-refractivity contribution in [2.45, 2.75) is 26.2 Å². The van der Waals surface area contributed by atoms with Gasteiger partial charge in [-0.15, -0.1) is 6.42 Å². The molecule has 1 heteroatoms. The van der Waals surface area contributed by atoms with Crippen LogP contribution in [0.15, 0.2) is 12.7 Å². The molecule has 0 amide bonds. The van der Waals surface area contributed by atoms with Crippen molar-refractivity contribution in [1.29, 1.82) is 0 Å². The van der Waals surface area contributed by atoms with Gasteiger partial charge in [0.1, 0.15) is 0 Å². The van der Waals surface area contributed by atoms with Gasteiger partial charge in [-0.05, 0) is 0 Å². The van der Waals surface area contributed by atoms with E-state index in [9.17, 15) is 0 Å². The van der Waals surface area contributed by atoms with Crippen LogP contribution in [0.5, 0.6) is 0 Å². The second-order valence-corrected chi connectivity index (χ2v) is 1.61. The molecule has 0 spiro atoms. The molecule has 0 saturated heterocycles. The van der Waals surface area contributed by atoms with Crippen molar-refractivity contribution < 1.29 is 29.6 Å². The summed E-state index contributed by atoms with van der Waals surface area (Å²) in [5, 5.41) is 0. The summed E-state index contributed by atoms with van der Waals surface area (Å²) in [6.07, 6.45) is 7.73. The van der Waals surface area contributed by atoms with Crippen molar-refractivity contribution in [3.63, 3.8) is 0 Å². The van der Waals surface area contributed by atoms with Crippen molar-refractivity contribution >= 4 is 0 Å². The molecule has 0 fully saturated rings. The molecule has 0 unspecified atom stereocenters. The third kappa shape index (κ3) is 9.79. The molecular weight excluding hydrogens is 107 g/mol. The summed E-state index contributed by atoms with van der Waals surface area (Å²) >= 11 is 0. The van der Waals surface area contributed by atoms with Crippen LogP contribution in [-0.2, 0) is 0 Å². The molecule has 0 aromatic rings. The Morgan fingerprint density at radius 3 is 2.62 bits per heavy atom. The Morgan fingerprint density at radius 1 is 1.62 bits per heavy atom. The summed E-state index contributed by atoms with van der Waals surface area (Å²) in [4.78, 5) is 0. The molecule has 0 heterocycles. The van der Waals surface area contributed by atoms with Crippen molar-refractivity contribution in [1.82, 2.24) is 0 Å². The van der Waals surface area contributed by atoms with Crippen LogP contribution in [0, 0.1) is 6.42 Å². The normalized spacial score (nSPS) is 7.12. The fraction of sp³-hybridized carbons (Fsp3) is 0.571. The molecule has 0 aliphatic carbocycles. The van der Waals surface area contributed by atoms with Crippen LogP contribution < -0.4 is 29.6 Å². The summed E-state index contributed by atoms with van der Waals surface area (Å²) in [5.41, 5.74) is 0. The van der Waals surface area contributed by atoms with Gasteiger partial charge in [0.25, 0.3) is 0 Å². The van der Waals surface area contributed by atoms with E-state index in [1.54, 1.807) is 0 Å². The quantitative estimate of drug-likeness (QED) is 0.268. The molecule has 0 rings (SSSR count). The number of hydrogen-bond donors (Lipinski definition) is 0. The first-order chi connectivity index (χ1) is 3.41. The monoisotopic (exact) mass is 120 g/mol. The fourth-order valence-electron chi connectivity index (χ4n) is 0.440. The first-order valence-corrected chi connectivity index (χ1v) is 2.86. The first-order valence-electron chi connectivity index (χ1n) is 2.86. The third-order valence-corrected chi connectivity index (χ3v) is 0.891. The molecule has 42 valence electrons. The molecule has 0 aliphatic rings. The van der Waals surface area contributed by atoms with Crippen LogP contribution in [0.1, 0.15) is 26.2 Å². The molecule has 0 N–H and O–H groups in total. The fourth-order valence-corrected chi connectivity index (χ4v) is 0.440. The van der Waals surface area contributed by atoms with Gasteiger partial charge < -0.3 is 0 Å². The van der Waals surface area contributed by atoms with Crippen LogP contribution in [0.2, 0.25) is 0 Å². The van der Waals surface area contributed by atoms with Crippen molar-refractivity contribution in [3.8, 4) is 0 Å². The average Bonchev–Trinajstić information content (AvgIpc) is 1.69. The zero-order chi connectivity index (χ0) is 5.54. The molecule has 8 heavy (non-hydrogen) atoms. The first kappa shape index (κ1) is 11.4. The minimum atomic E-state index is 0. The molecule has 0 aliphatic heterocycles. The summed E-state index contributed by atoms with van der Waals surface area (Å²) in [6.45, 7) is 5.77. The topological polar surface area (TPSA) is 0 Å². The number of unbranched alkanes of at least 4 members (excludes halogenated alkanes) is 3. The standard InChI is InChI=1S/C7H13.Na/c1-3-5-7-6-4-2;/h3,5H,1,4,6-7H2,2H3;/q-1;+1. The summed E-state index contributed by atoms with van der Waals surface area (Å²) in [7, 11) is 0. The van der Waals surface area contributed by atoms with Gasteiger partial charge in [0.05, 0.1) is 0 Å². The molecule has 0 saturated carbocycles. The molecule has 0 aromatic heterocycles. The predicted molar refractivity (Wildman–Crippen MR) is 34.0 cm³/mol. The van der Waals surface area contributed by atoms with E-state index >= 15 is 0 Å². The van der Waals surface area contributed by atoms with Crippen LogP contribution in [0.25, 0.3) is 0 Å². The van der Waals surface area contributed by atoms with Crippen molar-refractivity contribution in [2.24, 2.45) is 0 Å². The van der Waals surface area contributed by atoms with Crippen molar-refractivity contribution in [2.75, 3.05) is 0 Å². The minimum absolute atomic E-state index is 0. The Labute approximate surface area is 74.7 Å². The largest absolute Gasteiger partial charge is 1.00 e. The molecule has 0 nitrogen and oxygen atoms in total. The van der Waals surface area contributed by atoms with Gasteiger partial charge >= 0.3 is 29.6 Å². The van der Waals surface area contributed by atoms with Gasteiger partial charge in [0.2, 0.25) is 0 Å². The molecule has 0 atom stereocenters. The van der Waals surface area contributed by atoms with E-state index in [1.165, 1.54) is 19.3 Å². The summed E-state index contributed by atoms with van der Waals surface area (Å²) in [6, 6.07) is 0. The van der Waals surface area contributed by atoms with Gasteiger partial charge in [0.15, 0.2) is 0 Å². The van der Waals surface area contributed by atoms with Gasteiger partial charge in [-0.3, -0.25) is 0 Å². The number of rotatable bonds is 4.